The predicted molar refractivity (Wildman–Crippen MR) is 111 cm³/mol. The van der Waals surface area contributed by atoms with Crippen LogP contribution in [0.5, 0.6) is 0 Å². The smallest absolute Gasteiger partial charge is 0.410 e. The van der Waals surface area contributed by atoms with E-state index in [1.54, 1.807) is 9.80 Å². The molecule has 3 rings (SSSR count). The van der Waals surface area contributed by atoms with Crippen molar-refractivity contribution in [1.29, 1.82) is 0 Å². The van der Waals surface area contributed by atoms with Gasteiger partial charge in [0.05, 0.1) is 0 Å². The Balaban J connectivity index is 1.61. The molecular weight excluding hydrogens is 368 g/mol. The number of hydrogen-bond donors (Lipinski definition) is 0. The highest BCUT2D eigenvalue weighted by atomic mass is 16.6. The standard InChI is InChI=1S/C23H30N2O4/c1-23(2,3)29-22(27)25-15-8-7-13-20(25)19-12-9-14-24(16-19)21(26)28-17-18-10-5-4-6-11-18/h4-12,19-20H,13-17H2,1-3H3/t19-,20+/m0/s1. The van der Waals surface area contributed by atoms with Gasteiger partial charge < -0.3 is 19.3 Å². The summed E-state index contributed by atoms with van der Waals surface area (Å²) in [6, 6.07) is 9.59. The zero-order chi connectivity index (χ0) is 20.9. The molecule has 2 atom stereocenters. The lowest BCUT2D eigenvalue weighted by Gasteiger charge is -2.40. The third-order valence-corrected chi connectivity index (χ3v) is 4.97. The van der Waals surface area contributed by atoms with Crippen LogP contribution in [0.25, 0.3) is 0 Å². The van der Waals surface area contributed by atoms with E-state index in [2.05, 4.69) is 12.2 Å². The molecule has 6 nitrogen and oxygen atoms in total. The number of carbonyl (C=O) groups is 2. The average molecular weight is 399 g/mol. The summed E-state index contributed by atoms with van der Waals surface area (Å²) in [6.07, 6.45) is 8.24. The molecule has 2 heterocycles. The number of rotatable bonds is 3. The van der Waals surface area contributed by atoms with E-state index in [9.17, 15) is 9.59 Å². The fourth-order valence-electron chi connectivity index (χ4n) is 3.59. The van der Waals surface area contributed by atoms with E-state index in [1.165, 1.54) is 0 Å². The van der Waals surface area contributed by atoms with Crippen LogP contribution in [0.2, 0.25) is 0 Å². The van der Waals surface area contributed by atoms with E-state index in [1.807, 2.05) is 63.3 Å². The van der Waals surface area contributed by atoms with Crippen LogP contribution in [0.15, 0.2) is 54.6 Å². The van der Waals surface area contributed by atoms with Gasteiger partial charge in [0.25, 0.3) is 0 Å². The molecule has 156 valence electrons. The van der Waals surface area contributed by atoms with E-state index in [-0.39, 0.29) is 30.8 Å². The molecule has 0 N–H and O–H groups in total. The molecular formula is C23H30N2O4. The zero-order valence-electron chi connectivity index (χ0n) is 17.4. The second-order valence-electron chi connectivity index (χ2n) is 8.44. The Labute approximate surface area is 172 Å². The zero-order valence-corrected chi connectivity index (χ0v) is 17.4. The largest absolute Gasteiger partial charge is 0.445 e. The van der Waals surface area contributed by atoms with Gasteiger partial charge in [-0.15, -0.1) is 0 Å². The van der Waals surface area contributed by atoms with Gasteiger partial charge in [0.2, 0.25) is 0 Å². The Morgan fingerprint density at radius 3 is 2.52 bits per heavy atom. The van der Waals surface area contributed by atoms with Crippen molar-refractivity contribution in [2.75, 3.05) is 19.6 Å². The van der Waals surface area contributed by atoms with Crippen molar-refractivity contribution >= 4 is 12.2 Å². The van der Waals surface area contributed by atoms with Crippen LogP contribution in [-0.4, -0.2) is 53.3 Å². The van der Waals surface area contributed by atoms with Crippen LogP contribution < -0.4 is 0 Å². The predicted octanol–water partition coefficient (Wildman–Crippen LogP) is 4.38. The highest BCUT2D eigenvalue weighted by Crippen LogP contribution is 2.26. The lowest BCUT2D eigenvalue weighted by Crippen LogP contribution is -2.51. The molecule has 0 aliphatic carbocycles. The third kappa shape index (κ3) is 5.86. The summed E-state index contributed by atoms with van der Waals surface area (Å²) in [5.41, 5.74) is 0.414. The first-order chi connectivity index (χ1) is 13.8. The lowest BCUT2D eigenvalue weighted by atomic mass is 9.90. The van der Waals surface area contributed by atoms with Gasteiger partial charge in [0.15, 0.2) is 0 Å². The van der Waals surface area contributed by atoms with Crippen LogP contribution in [0.1, 0.15) is 32.8 Å². The molecule has 6 heteroatoms. The van der Waals surface area contributed by atoms with Crippen molar-refractivity contribution in [3.05, 3.63) is 60.2 Å². The van der Waals surface area contributed by atoms with Gasteiger partial charge in [-0.2, -0.15) is 0 Å². The van der Waals surface area contributed by atoms with E-state index >= 15 is 0 Å². The summed E-state index contributed by atoms with van der Waals surface area (Å²) in [6.45, 7) is 7.39. The van der Waals surface area contributed by atoms with Crippen molar-refractivity contribution in [3.8, 4) is 0 Å². The number of carbonyl (C=O) groups excluding carboxylic acids is 2. The van der Waals surface area contributed by atoms with Crippen molar-refractivity contribution in [2.24, 2.45) is 5.92 Å². The number of hydrogen-bond acceptors (Lipinski definition) is 4. The molecule has 2 aliphatic heterocycles. The molecule has 29 heavy (non-hydrogen) atoms. The summed E-state index contributed by atoms with van der Waals surface area (Å²) < 4.78 is 11.1. The lowest BCUT2D eigenvalue weighted by molar-refractivity contribution is 0.0114. The second kappa shape index (κ2) is 9.16. The van der Waals surface area contributed by atoms with Gasteiger partial charge >= 0.3 is 12.2 Å². The molecule has 0 unspecified atom stereocenters. The van der Waals surface area contributed by atoms with Crippen molar-refractivity contribution in [3.63, 3.8) is 0 Å². The minimum Gasteiger partial charge on any atom is -0.445 e. The van der Waals surface area contributed by atoms with E-state index in [0.29, 0.717) is 19.6 Å². The summed E-state index contributed by atoms with van der Waals surface area (Å²) in [7, 11) is 0. The number of benzene rings is 1. The van der Waals surface area contributed by atoms with E-state index in [4.69, 9.17) is 9.47 Å². The van der Waals surface area contributed by atoms with Crippen molar-refractivity contribution in [1.82, 2.24) is 9.80 Å². The topological polar surface area (TPSA) is 59.1 Å². The van der Waals surface area contributed by atoms with Gasteiger partial charge in [0.1, 0.15) is 12.2 Å². The van der Waals surface area contributed by atoms with Crippen molar-refractivity contribution < 1.29 is 19.1 Å². The van der Waals surface area contributed by atoms with Crippen LogP contribution >= 0.6 is 0 Å². The molecule has 2 aliphatic rings. The first-order valence-electron chi connectivity index (χ1n) is 10.1. The maximum atomic E-state index is 12.7. The molecule has 1 aromatic rings. The SMILES string of the molecule is CC(C)(C)OC(=O)N1CC=CC[C@@H]1[C@H]1C=CCN(C(=O)OCc2ccccc2)C1. The van der Waals surface area contributed by atoms with Crippen LogP contribution in [-0.2, 0) is 16.1 Å². The first kappa shape index (κ1) is 21.0. The minimum absolute atomic E-state index is 0.0329. The summed E-state index contributed by atoms with van der Waals surface area (Å²) in [5.74, 6) is 0.0329. The molecule has 0 radical (unpaired) electrons. The van der Waals surface area contributed by atoms with E-state index in [0.717, 1.165) is 12.0 Å². The summed E-state index contributed by atoms with van der Waals surface area (Å²) in [4.78, 5) is 28.7. The number of amides is 2. The van der Waals surface area contributed by atoms with E-state index < -0.39 is 5.60 Å². The maximum absolute atomic E-state index is 12.7. The highest BCUT2D eigenvalue weighted by molar-refractivity contribution is 5.70. The Hall–Kier alpha value is -2.76. The van der Waals surface area contributed by atoms with Crippen LogP contribution in [0.4, 0.5) is 9.59 Å². The fourth-order valence-corrected chi connectivity index (χ4v) is 3.59. The Kier molecular flexibility index (Phi) is 6.62. The molecule has 2 amide bonds. The maximum Gasteiger partial charge on any atom is 0.410 e. The second-order valence-corrected chi connectivity index (χ2v) is 8.44. The van der Waals surface area contributed by atoms with Gasteiger partial charge in [0, 0.05) is 31.6 Å². The third-order valence-electron chi connectivity index (χ3n) is 4.97. The van der Waals surface area contributed by atoms with Gasteiger partial charge in [-0.1, -0.05) is 54.6 Å². The Morgan fingerprint density at radius 2 is 1.79 bits per heavy atom. The average Bonchev–Trinajstić information content (AvgIpc) is 2.71. The number of ether oxygens (including phenoxy) is 2. The first-order valence-corrected chi connectivity index (χ1v) is 10.1. The molecule has 0 fully saturated rings. The minimum atomic E-state index is -0.543. The van der Waals surface area contributed by atoms with Crippen LogP contribution in [0, 0.1) is 5.92 Å². The normalized spacial score (nSPS) is 21.8. The Bertz CT molecular complexity index is 767. The van der Waals surface area contributed by atoms with Gasteiger partial charge in [-0.05, 0) is 32.8 Å². The molecule has 0 aromatic heterocycles. The molecule has 0 spiro atoms. The molecule has 0 bridgehead atoms. The van der Waals surface area contributed by atoms with Crippen LogP contribution in [0.3, 0.4) is 0 Å². The summed E-state index contributed by atoms with van der Waals surface area (Å²) >= 11 is 0. The van der Waals surface area contributed by atoms with Crippen molar-refractivity contribution in [2.45, 2.75) is 45.4 Å². The summed E-state index contributed by atoms with van der Waals surface area (Å²) in [5, 5.41) is 0. The fraction of sp³-hybridized carbons (Fsp3) is 0.478. The van der Waals surface area contributed by atoms with Gasteiger partial charge in [-0.25, -0.2) is 9.59 Å². The molecule has 0 saturated heterocycles. The molecule has 0 saturated carbocycles. The number of nitrogens with zero attached hydrogens (tertiary/aromatic N) is 2. The quantitative estimate of drug-likeness (QED) is 0.709. The monoisotopic (exact) mass is 398 g/mol. The highest BCUT2D eigenvalue weighted by Gasteiger charge is 2.35. The molecule has 1 aromatic carbocycles. The van der Waals surface area contributed by atoms with Gasteiger partial charge in [-0.3, -0.25) is 0 Å². The Morgan fingerprint density at radius 1 is 1.03 bits per heavy atom.